The highest BCUT2D eigenvalue weighted by molar-refractivity contribution is 5.69. The average molecular weight is 484 g/mol. The summed E-state index contributed by atoms with van der Waals surface area (Å²) in [5.41, 5.74) is 1.61. The number of benzene rings is 1. The van der Waals surface area contributed by atoms with Gasteiger partial charge in [0.15, 0.2) is 11.5 Å². The van der Waals surface area contributed by atoms with Crippen molar-refractivity contribution in [1.82, 2.24) is 19.4 Å². The largest absolute Gasteiger partial charge is 0.493 e. The lowest BCUT2D eigenvalue weighted by Crippen LogP contribution is -2.47. The van der Waals surface area contributed by atoms with Crippen molar-refractivity contribution in [2.45, 2.75) is 6.18 Å². The number of rotatable bonds is 5. The zero-order valence-electron chi connectivity index (χ0n) is 19.2. The molecule has 0 radical (unpaired) electrons. The molecule has 0 bridgehead atoms. The number of halogens is 3. The molecule has 1 fully saturated rings. The Bertz CT molecular complexity index is 1330. The molecule has 3 aromatic heterocycles. The van der Waals surface area contributed by atoms with E-state index in [2.05, 4.69) is 14.9 Å². The standard InChI is InChI=1S/C24H23F3N6O2/c1-34-19-5-3-16(13-20(19)35-2)18-14-22-28-7-8-33(22)23(30-18)32-11-9-31(10-12-32)21-6-4-17(15-29-21)24(25,26)27/h3-8,13-15H,9-12H2,1-2H3. The van der Waals surface area contributed by atoms with Crippen LogP contribution in [0.15, 0.2) is 55.0 Å². The van der Waals surface area contributed by atoms with Crippen LogP contribution in [-0.4, -0.2) is 59.8 Å². The maximum atomic E-state index is 12.8. The molecule has 5 rings (SSSR count). The molecule has 8 nitrogen and oxygen atoms in total. The van der Waals surface area contributed by atoms with Crippen LogP contribution < -0.4 is 19.3 Å². The van der Waals surface area contributed by atoms with Crippen molar-refractivity contribution in [3.8, 4) is 22.8 Å². The lowest BCUT2D eigenvalue weighted by molar-refractivity contribution is -0.137. The molecule has 4 aromatic rings. The van der Waals surface area contributed by atoms with Gasteiger partial charge in [0.05, 0.1) is 25.5 Å². The smallest absolute Gasteiger partial charge is 0.417 e. The van der Waals surface area contributed by atoms with Gasteiger partial charge in [-0.2, -0.15) is 13.2 Å². The summed E-state index contributed by atoms with van der Waals surface area (Å²) in [5, 5.41) is 0. The second-order valence-electron chi connectivity index (χ2n) is 8.04. The number of methoxy groups -OCH3 is 2. The molecule has 1 aliphatic heterocycles. The third-order valence-corrected chi connectivity index (χ3v) is 6.01. The third kappa shape index (κ3) is 4.41. The molecule has 0 aliphatic carbocycles. The first-order valence-corrected chi connectivity index (χ1v) is 11.0. The van der Waals surface area contributed by atoms with Crippen molar-refractivity contribution in [2.75, 3.05) is 50.2 Å². The monoisotopic (exact) mass is 484 g/mol. The minimum Gasteiger partial charge on any atom is -0.493 e. The molecule has 4 heterocycles. The van der Waals surface area contributed by atoms with Gasteiger partial charge in [0.1, 0.15) is 11.5 Å². The molecule has 0 atom stereocenters. The first-order chi connectivity index (χ1) is 16.9. The molecule has 1 saturated heterocycles. The van der Waals surface area contributed by atoms with Crippen LogP contribution in [0.4, 0.5) is 24.9 Å². The number of imidazole rings is 1. The highest BCUT2D eigenvalue weighted by Crippen LogP contribution is 2.33. The number of alkyl halides is 3. The Balaban J connectivity index is 1.40. The van der Waals surface area contributed by atoms with Gasteiger partial charge in [-0.1, -0.05) is 0 Å². The second-order valence-corrected chi connectivity index (χ2v) is 8.04. The SMILES string of the molecule is COc1ccc(-c2cc3nccn3c(N3CCN(c4ccc(C(F)(F)F)cn4)CC3)n2)cc1OC. The second kappa shape index (κ2) is 8.97. The fraction of sp³-hybridized carbons (Fsp3) is 0.292. The molecular weight excluding hydrogens is 461 g/mol. The summed E-state index contributed by atoms with van der Waals surface area (Å²) in [6.07, 6.45) is 0.0665. The maximum Gasteiger partial charge on any atom is 0.417 e. The third-order valence-electron chi connectivity index (χ3n) is 6.01. The minimum atomic E-state index is -4.40. The summed E-state index contributed by atoms with van der Waals surface area (Å²) in [6, 6.07) is 10.0. The number of hydrogen-bond donors (Lipinski definition) is 0. The van der Waals surface area contributed by atoms with E-state index < -0.39 is 11.7 Å². The Labute approximate surface area is 199 Å². The minimum absolute atomic E-state index is 0.525. The van der Waals surface area contributed by atoms with Gasteiger partial charge >= 0.3 is 6.18 Å². The van der Waals surface area contributed by atoms with Crippen LogP contribution in [0.3, 0.4) is 0 Å². The van der Waals surface area contributed by atoms with Crippen LogP contribution in [-0.2, 0) is 6.18 Å². The molecule has 11 heteroatoms. The van der Waals surface area contributed by atoms with E-state index in [9.17, 15) is 13.2 Å². The first kappa shape index (κ1) is 22.8. The maximum absolute atomic E-state index is 12.8. The number of hydrogen-bond acceptors (Lipinski definition) is 7. The van der Waals surface area contributed by atoms with Crippen LogP contribution in [0.25, 0.3) is 16.9 Å². The Hall–Kier alpha value is -4.02. The van der Waals surface area contributed by atoms with Crippen molar-refractivity contribution in [3.63, 3.8) is 0 Å². The van der Waals surface area contributed by atoms with Gasteiger partial charge in [0.25, 0.3) is 0 Å². The fourth-order valence-electron chi connectivity index (χ4n) is 4.15. The van der Waals surface area contributed by atoms with Gasteiger partial charge in [-0.3, -0.25) is 4.40 Å². The summed E-state index contributed by atoms with van der Waals surface area (Å²) in [7, 11) is 3.17. The molecule has 0 amide bonds. The molecule has 1 aliphatic rings. The molecule has 35 heavy (non-hydrogen) atoms. The molecule has 182 valence electrons. The van der Waals surface area contributed by atoms with Crippen molar-refractivity contribution < 1.29 is 22.6 Å². The van der Waals surface area contributed by atoms with Crippen LogP contribution >= 0.6 is 0 Å². The van der Waals surface area contributed by atoms with E-state index in [1.165, 1.54) is 6.07 Å². The zero-order valence-corrected chi connectivity index (χ0v) is 19.2. The normalized spacial score (nSPS) is 14.4. The number of ether oxygens (including phenoxy) is 2. The lowest BCUT2D eigenvalue weighted by Gasteiger charge is -2.36. The van der Waals surface area contributed by atoms with E-state index in [1.54, 1.807) is 20.4 Å². The number of piperazine rings is 1. The molecule has 0 saturated carbocycles. The van der Waals surface area contributed by atoms with Crippen molar-refractivity contribution in [2.24, 2.45) is 0 Å². The summed E-state index contributed by atoms with van der Waals surface area (Å²) < 4.78 is 51.3. The summed E-state index contributed by atoms with van der Waals surface area (Å²) >= 11 is 0. The first-order valence-electron chi connectivity index (χ1n) is 11.0. The van der Waals surface area contributed by atoms with E-state index >= 15 is 0 Å². The van der Waals surface area contributed by atoms with Gasteiger partial charge in [0.2, 0.25) is 5.95 Å². The van der Waals surface area contributed by atoms with Crippen molar-refractivity contribution >= 4 is 17.4 Å². The Kier molecular flexibility index (Phi) is 5.83. The van der Waals surface area contributed by atoms with Crippen LogP contribution in [0, 0.1) is 0 Å². The van der Waals surface area contributed by atoms with Gasteiger partial charge in [0, 0.05) is 56.4 Å². The lowest BCUT2D eigenvalue weighted by atomic mass is 10.1. The number of pyridine rings is 1. The Morgan fingerprint density at radius 1 is 0.857 bits per heavy atom. The highest BCUT2D eigenvalue weighted by Gasteiger charge is 2.31. The topological polar surface area (TPSA) is 68.0 Å². The number of nitrogens with zero attached hydrogens (tertiary/aromatic N) is 6. The average Bonchev–Trinajstić information content (AvgIpc) is 3.36. The van der Waals surface area contributed by atoms with Crippen LogP contribution in [0.2, 0.25) is 0 Å². The molecule has 0 spiro atoms. The van der Waals surface area contributed by atoms with E-state index in [1.807, 2.05) is 39.8 Å². The van der Waals surface area contributed by atoms with Crippen molar-refractivity contribution in [3.05, 3.63) is 60.6 Å². The number of anilines is 2. The van der Waals surface area contributed by atoms with Gasteiger partial charge in [-0.25, -0.2) is 15.0 Å². The van der Waals surface area contributed by atoms with Crippen molar-refractivity contribution in [1.29, 1.82) is 0 Å². The number of fused-ring (bicyclic) bond motifs is 1. The fourth-order valence-corrected chi connectivity index (χ4v) is 4.15. The number of aromatic nitrogens is 4. The summed E-state index contributed by atoms with van der Waals surface area (Å²) in [4.78, 5) is 17.5. The molecule has 1 aromatic carbocycles. The van der Waals surface area contributed by atoms with Gasteiger partial charge < -0.3 is 19.3 Å². The molecular formula is C24H23F3N6O2. The van der Waals surface area contributed by atoms with Gasteiger partial charge in [-0.15, -0.1) is 0 Å². The van der Waals surface area contributed by atoms with E-state index in [-0.39, 0.29) is 0 Å². The van der Waals surface area contributed by atoms with Gasteiger partial charge in [-0.05, 0) is 30.3 Å². The summed E-state index contributed by atoms with van der Waals surface area (Å²) in [5.74, 6) is 2.50. The zero-order chi connectivity index (χ0) is 24.6. The Morgan fingerprint density at radius 2 is 1.60 bits per heavy atom. The van der Waals surface area contributed by atoms with Crippen LogP contribution in [0.5, 0.6) is 11.5 Å². The Morgan fingerprint density at radius 3 is 2.26 bits per heavy atom. The van der Waals surface area contributed by atoms with E-state index in [0.717, 1.165) is 35.1 Å². The molecule has 0 unspecified atom stereocenters. The predicted molar refractivity (Wildman–Crippen MR) is 125 cm³/mol. The van der Waals surface area contributed by atoms with E-state index in [4.69, 9.17) is 14.5 Å². The predicted octanol–water partition coefficient (Wildman–Crippen LogP) is 4.15. The highest BCUT2D eigenvalue weighted by atomic mass is 19.4. The van der Waals surface area contributed by atoms with Crippen LogP contribution in [0.1, 0.15) is 5.56 Å². The quantitative estimate of drug-likeness (QED) is 0.422. The molecule has 0 N–H and O–H groups in total. The summed E-state index contributed by atoms with van der Waals surface area (Å²) in [6.45, 7) is 2.43. The van der Waals surface area contributed by atoms with E-state index in [0.29, 0.717) is 43.5 Å².